The minimum atomic E-state index is -0.102. The first-order chi connectivity index (χ1) is 10.3. The Morgan fingerprint density at radius 3 is 3.19 bits per heavy atom. The van der Waals surface area contributed by atoms with Crippen LogP contribution in [0.15, 0.2) is 30.9 Å². The van der Waals surface area contributed by atoms with Gasteiger partial charge in [0.05, 0.1) is 29.6 Å². The normalized spacial score (nSPS) is 18.5. The van der Waals surface area contributed by atoms with Gasteiger partial charge in [0.2, 0.25) is 0 Å². The Morgan fingerprint density at radius 2 is 2.33 bits per heavy atom. The van der Waals surface area contributed by atoms with Crippen LogP contribution in [-0.2, 0) is 0 Å². The van der Waals surface area contributed by atoms with Gasteiger partial charge in [0.25, 0.3) is 5.91 Å². The number of hydrogen-bond acceptors (Lipinski definition) is 5. The van der Waals surface area contributed by atoms with Crippen molar-refractivity contribution >= 4 is 11.4 Å². The first kappa shape index (κ1) is 12.0. The molecule has 106 valence electrons. The number of amides is 1. The number of nitrogens with one attached hydrogen (secondary N) is 1. The zero-order valence-electron chi connectivity index (χ0n) is 11.2. The van der Waals surface area contributed by atoms with Crippen molar-refractivity contribution in [2.45, 2.75) is 18.9 Å². The van der Waals surface area contributed by atoms with Gasteiger partial charge < -0.3 is 9.30 Å². The van der Waals surface area contributed by atoms with Gasteiger partial charge in [-0.25, -0.2) is 4.98 Å². The number of nitrogens with zero attached hydrogens (tertiary/aromatic N) is 6. The molecular formula is C13H13N7O. The van der Waals surface area contributed by atoms with Crippen LogP contribution in [0.1, 0.15) is 35.1 Å². The molecular weight excluding hydrogens is 270 g/mol. The number of pyridine rings is 1. The summed E-state index contributed by atoms with van der Waals surface area (Å²) in [5, 5.41) is 14.0. The van der Waals surface area contributed by atoms with E-state index in [1.165, 1.54) is 0 Å². The van der Waals surface area contributed by atoms with E-state index in [1.807, 2.05) is 21.4 Å². The molecule has 1 fully saturated rings. The number of fused-ring (bicyclic) bond motifs is 1. The third kappa shape index (κ3) is 1.95. The van der Waals surface area contributed by atoms with Crippen molar-refractivity contribution in [2.24, 2.45) is 0 Å². The Bertz CT molecular complexity index is 779. The lowest BCUT2D eigenvalue weighted by molar-refractivity contribution is 0.0729. The van der Waals surface area contributed by atoms with Gasteiger partial charge in [0.15, 0.2) is 5.82 Å². The second-order valence-corrected chi connectivity index (χ2v) is 5.07. The molecule has 0 radical (unpaired) electrons. The summed E-state index contributed by atoms with van der Waals surface area (Å²) in [7, 11) is 0. The fourth-order valence-corrected chi connectivity index (χ4v) is 2.80. The lowest BCUT2D eigenvalue weighted by Crippen LogP contribution is -2.31. The molecule has 0 aliphatic carbocycles. The van der Waals surface area contributed by atoms with Crippen LogP contribution in [0.5, 0.6) is 0 Å². The first-order valence-corrected chi connectivity index (χ1v) is 6.79. The van der Waals surface area contributed by atoms with Crippen LogP contribution in [0, 0.1) is 0 Å². The molecule has 1 aliphatic rings. The van der Waals surface area contributed by atoms with Crippen molar-refractivity contribution in [3.8, 4) is 0 Å². The largest absolute Gasteiger partial charge is 0.328 e. The summed E-state index contributed by atoms with van der Waals surface area (Å²) in [4.78, 5) is 18.6. The van der Waals surface area contributed by atoms with E-state index in [0.29, 0.717) is 17.9 Å². The monoisotopic (exact) mass is 283 g/mol. The Balaban J connectivity index is 1.66. The Morgan fingerprint density at radius 1 is 1.38 bits per heavy atom. The Hall–Kier alpha value is -2.77. The topological polar surface area (TPSA) is 92.1 Å². The van der Waals surface area contributed by atoms with Gasteiger partial charge in [0, 0.05) is 12.7 Å². The quantitative estimate of drug-likeness (QED) is 0.752. The van der Waals surface area contributed by atoms with Crippen LogP contribution in [0.2, 0.25) is 0 Å². The van der Waals surface area contributed by atoms with E-state index < -0.39 is 0 Å². The maximum atomic E-state index is 12.7. The highest BCUT2D eigenvalue weighted by Crippen LogP contribution is 2.30. The predicted molar refractivity (Wildman–Crippen MR) is 72.4 cm³/mol. The number of likely N-dealkylation sites (tertiary alicyclic amines) is 1. The molecule has 1 aliphatic heterocycles. The van der Waals surface area contributed by atoms with Gasteiger partial charge in [-0.3, -0.25) is 4.79 Å². The Kier molecular flexibility index (Phi) is 2.66. The molecule has 0 unspecified atom stereocenters. The smallest absolute Gasteiger partial charge is 0.255 e. The van der Waals surface area contributed by atoms with E-state index in [1.54, 1.807) is 18.7 Å². The van der Waals surface area contributed by atoms with Gasteiger partial charge in [-0.05, 0) is 25.0 Å². The van der Waals surface area contributed by atoms with E-state index in [4.69, 9.17) is 0 Å². The first-order valence-electron chi connectivity index (χ1n) is 6.79. The molecule has 4 heterocycles. The Labute approximate surface area is 119 Å². The minimum Gasteiger partial charge on any atom is -0.328 e. The fraction of sp³-hybridized carbons (Fsp3) is 0.308. The number of rotatable bonds is 2. The number of carbonyl (C=O) groups is 1. The third-order valence-electron chi connectivity index (χ3n) is 3.83. The predicted octanol–water partition coefficient (Wildman–Crippen LogP) is 0.825. The van der Waals surface area contributed by atoms with Crippen molar-refractivity contribution in [1.29, 1.82) is 0 Å². The number of tetrazole rings is 1. The van der Waals surface area contributed by atoms with E-state index in [-0.39, 0.29) is 11.9 Å². The highest BCUT2D eigenvalue weighted by atomic mass is 16.2. The molecule has 1 atom stereocenters. The molecule has 1 saturated heterocycles. The minimum absolute atomic E-state index is 0.0158. The molecule has 3 aromatic heterocycles. The van der Waals surface area contributed by atoms with Crippen LogP contribution in [-0.4, -0.2) is 47.4 Å². The summed E-state index contributed by atoms with van der Waals surface area (Å²) in [6.07, 6.45) is 7.05. The summed E-state index contributed by atoms with van der Waals surface area (Å²) < 4.78 is 1.84. The zero-order valence-corrected chi connectivity index (χ0v) is 11.2. The molecule has 1 N–H and O–H groups in total. The number of aromatic amines is 1. The van der Waals surface area contributed by atoms with Crippen LogP contribution < -0.4 is 0 Å². The van der Waals surface area contributed by atoms with Crippen molar-refractivity contribution < 1.29 is 4.79 Å². The molecule has 0 spiro atoms. The second-order valence-electron chi connectivity index (χ2n) is 5.07. The highest BCUT2D eigenvalue weighted by molar-refractivity contribution is 5.94. The summed E-state index contributed by atoms with van der Waals surface area (Å²) in [5.74, 6) is 0.558. The third-order valence-corrected chi connectivity index (χ3v) is 3.83. The second kappa shape index (κ2) is 4.65. The van der Waals surface area contributed by atoms with Crippen LogP contribution >= 0.6 is 0 Å². The maximum absolute atomic E-state index is 12.7. The van der Waals surface area contributed by atoms with Crippen molar-refractivity contribution in [2.75, 3.05) is 6.54 Å². The average molecular weight is 283 g/mol. The molecule has 8 heteroatoms. The summed E-state index contributed by atoms with van der Waals surface area (Å²) in [6, 6.07) is 3.61. The number of H-pyrrole nitrogens is 1. The maximum Gasteiger partial charge on any atom is 0.255 e. The van der Waals surface area contributed by atoms with E-state index in [2.05, 4.69) is 25.6 Å². The number of imidazole rings is 1. The summed E-state index contributed by atoms with van der Waals surface area (Å²) >= 11 is 0. The van der Waals surface area contributed by atoms with Crippen LogP contribution in [0.3, 0.4) is 0 Å². The summed E-state index contributed by atoms with van der Waals surface area (Å²) in [5.41, 5.74) is 1.60. The molecule has 8 nitrogen and oxygen atoms in total. The molecule has 3 aromatic rings. The van der Waals surface area contributed by atoms with Crippen LogP contribution in [0.4, 0.5) is 0 Å². The fourth-order valence-electron chi connectivity index (χ4n) is 2.80. The van der Waals surface area contributed by atoms with Gasteiger partial charge in [-0.1, -0.05) is 5.21 Å². The molecule has 1 amide bonds. The molecule has 0 aromatic carbocycles. The number of carbonyl (C=O) groups excluding carboxylic acids is 1. The molecule has 0 bridgehead atoms. The zero-order chi connectivity index (χ0) is 14.2. The van der Waals surface area contributed by atoms with Gasteiger partial charge in [-0.15, -0.1) is 10.2 Å². The highest BCUT2D eigenvalue weighted by Gasteiger charge is 2.33. The molecule has 0 saturated carbocycles. The van der Waals surface area contributed by atoms with E-state index >= 15 is 0 Å². The lowest BCUT2D eigenvalue weighted by Gasteiger charge is -2.22. The van der Waals surface area contributed by atoms with Gasteiger partial charge in [0.1, 0.15) is 0 Å². The van der Waals surface area contributed by atoms with Crippen LogP contribution in [0.25, 0.3) is 5.52 Å². The van der Waals surface area contributed by atoms with Crippen molar-refractivity contribution in [1.82, 2.24) is 34.9 Å². The van der Waals surface area contributed by atoms with Gasteiger partial charge in [-0.2, -0.15) is 5.21 Å². The van der Waals surface area contributed by atoms with E-state index in [0.717, 1.165) is 18.4 Å². The average Bonchev–Trinajstić information content (AvgIpc) is 3.24. The van der Waals surface area contributed by atoms with Crippen molar-refractivity contribution in [3.05, 3.63) is 42.2 Å². The van der Waals surface area contributed by atoms with E-state index in [9.17, 15) is 4.79 Å². The molecule has 4 rings (SSSR count). The molecule has 21 heavy (non-hydrogen) atoms. The number of hydrogen-bond donors (Lipinski definition) is 1. The summed E-state index contributed by atoms with van der Waals surface area (Å²) in [6.45, 7) is 0.708. The SMILES string of the molecule is O=C(c1ccc2cncn2c1)N1CCC[C@H]1c1nn[nH]n1. The number of aromatic nitrogens is 6. The van der Waals surface area contributed by atoms with Crippen molar-refractivity contribution in [3.63, 3.8) is 0 Å². The standard InChI is InChI=1S/C13H13N7O/c21-13(9-3-4-10-6-14-8-19(10)7-9)20-5-1-2-11(20)12-15-17-18-16-12/h3-4,6-8,11H,1-2,5H2,(H,15,16,17,18)/t11-/m0/s1. The van der Waals surface area contributed by atoms with Gasteiger partial charge >= 0.3 is 0 Å². The lowest BCUT2D eigenvalue weighted by atomic mass is 10.2.